The maximum atomic E-state index is 11.8. The van der Waals surface area contributed by atoms with Crippen molar-refractivity contribution in [2.24, 2.45) is 0 Å². The molecule has 0 spiro atoms. The van der Waals surface area contributed by atoms with Gasteiger partial charge in [0.25, 0.3) is 5.91 Å². The summed E-state index contributed by atoms with van der Waals surface area (Å²) in [5, 5.41) is 8.60. The number of carbonyl (C=O) groups is 1. The lowest BCUT2D eigenvalue weighted by Gasteiger charge is -1.95. The average Bonchev–Trinajstić information content (AvgIpc) is 2.95. The van der Waals surface area contributed by atoms with Crippen molar-refractivity contribution in [2.75, 3.05) is 11.1 Å². The van der Waals surface area contributed by atoms with Gasteiger partial charge < -0.3 is 5.73 Å². The third-order valence-corrected chi connectivity index (χ3v) is 3.19. The molecule has 1 amide bonds. The third-order valence-electron chi connectivity index (χ3n) is 2.32. The van der Waals surface area contributed by atoms with E-state index in [0.717, 1.165) is 0 Å². The summed E-state index contributed by atoms with van der Waals surface area (Å²) < 4.78 is 1.53. The van der Waals surface area contributed by atoms with Crippen LogP contribution in [0.15, 0.2) is 35.8 Å². The lowest BCUT2D eigenvalue weighted by atomic mass is 10.4. The molecule has 3 rings (SSSR count). The summed E-state index contributed by atoms with van der Waals surface area (Å²) in [7, 11) is 0. The quantitative estimate of drug-likeness (QED) is 0.732. The number of hydrogen-bond acceptors (Lipinski definition) is 5. The van der Waals surface area contributed by atoms with E-state index >= 15 is 0 Å². The van der Waals surface area contributed by atoms with Gasteiger partial charge in [-0.3, -0.25) is 10.1 Å². The molecule has 3 heterocycles. The molecule has 7 heteroatoms. The van der Waals surface area contributed by atoms with Crippen LogP contribution in [-0.4, -0.2) is 20.5 Å². The van der Waals surface area contributed by atoms with Crippen molar-refractivity contribution < 1.29 is 4.79 Å². The van der Waals surface area contributed by atoms with E-state index in [9.17, 15) is 4.79 Å². The Kier molecular flexibility index (Phi) is 2.45. The highest BCUT2D eigenvalue weighted by atomic mass is 32.1. The minimum atomic E-state index is -0.214. The Hall–Kier alpha value is -2.41. The Morgan fingerprint density at radius 1 is 1.39 bits per heavy atom. The molecule has 6 nitrogen and oxygen atoms in total. The van der Waals surface area contributed by atoms with Gasteiger partial charge in [-0.05, 0) is 23.6 Å². The lowest BCUT2D eigenvalue weighted by molar-refractivity contribution is 0.102. The summed E-state index contributed by atoms with van der Waals surface area (Å²) >= 11 is 1.37. The second kappa shape index (κ2) is 4.11. The van der Waals surface area contributed by atoms with Crippen LogP contribution in [0, 0.1) is 0 Å². The fourth-order valence-corrected chi connectivity index (χ4v) is 2.14. The van der Waals surface area contributed by atoms with Gasteiger partial charge in [0.15, 0.2) is 5.65 Å². The molecule has 18 heavy (non-hydrogen) atoms. The first kappa shape index (κ1) is 10.7. The van der Waals surface area contributed by atoms with E-state index in [-0.39, 0.29) is 11.9 Å². The second-order valence-corrected chi connectivity index (χ2v) is 4.58. The predicted molar refractivity (Wildman–Crippen MR) is 69.7 cm³/mol. The highest BCUT2D eigenvalue weighted by molar-refractivity contribution is 7.12. The first-order valence-electron chi connectivity index (χ1n) is 5.19. The van der Waals surface area contributed by atoms with Gasteiger partial charge in [0.05, 0.1) is 16.8 Å². The molecule has 0 fully saturated rings. The van der Waals surface area contributed by atoms with E-state index in [1.165, 1.54) is 15.9 Å². The molecule has 0 unspecified atom stereocenters. The summed E-state index contributed by atoms with van der Waals surface area (Å²) in [6, 6.07) is 7.03. The number of nitrogen functional groups attached to an aromatic ring is 1. The van der Waals surface area contributed by atoms with Crippen molar-refractivity contribution >= 4 is 34.5 Å². The molecule has 0 aliphatic rings. The molecule has 0 aliphatic carbocycles. The SMILES string of the molecule is Nc1ccc2nc(NC(=O)c3cccs3)nn2c1. The molecular formula is C11H9N5OS. The average molecular weight is 259 g/mol. The van der Waals surface area contributed by atoms with Crippen LogP contribution in [0.2, 0.25) is 0 Å². The van der Waals surface area contributed by atoms with Crippen LogP contribution in [0.1, 0.15) is 9.67 Å². The number of aromatic nitrogens is 3. The molecule has 3 aromatic rings. The Labute approximate surface area is 106 Å². The van der Waals surface area contributed by atoms with Crippen LogP contribution in [0.3, 0.4) is 0 Å². The first-order chi connectivity index (χ1) is 8.72. The Morgan fingerprint density at radius 2 is 2.28 bits per heavy atom. The van der Waals surface area contributed by atoms with Gasteiger partial charge in [-0.1, -0.05) is 6.07 Å². The van der Waals surface area contributed by atoms with Gasteiger partial charge in [-0.2, -0.15) is 4.98 Å². The van der Waals surface area contributed by atoms with Crippen LogP contribution in [0.4, 0.5) is 11.6 Å². The van der Waals surface area contributed by atoms with Crippen molar-refractivity contribution in [2.45, 2.75) is 0 Å². The number of anilines is 2. The van der Waals surface area contributed by atoms with Crippen molar-refractivity contribution in [1.82, 2.24) is 14.6 Å². The zero-order valence-electron chi connectivity index (χ0n) is 9.20. The number of rotatable bonds is 2. The summed E-state index contributed by atoms with van der Waals surface area (Å²) in [5.74, 6) is 0.0490. The molecule has 3 aromatic heterocycles. The number of hydrogen-bond donors (Lipinski definition) is 2. The minimum absolute atomic E-state index is 0.214. The second-order valence-electron chi connectivity index (χ2n) is 3.63. The van der Waals surface area contributed by atoms with Crippen LogP contribution in [0.25, 0.3) is 5.65 Å². The summed E-state index contributed by atoms with van der Waals surface area (Å²) in [6.07, 6.45) is 1.64. The number of nitrogens with two attached hydrogens (primary N) is 1. The molecule has 0 saturated heterocycles. The van der Waals surface area contributed by atoms with E-state index in [1.807, 2.05) is 11.4 Å². The largest absolute Gasteiger partial charge is 0.397 e. The number of thiophene rings is 1. The Balaban J connectivity index is 1.89. The minimum Gasteiger partial charge on any atom is -0.397 e. The van der Waals surface area contributed by atoms with Gasteiger partial charge in [-0.15, -0.1) is 16.4 Å². The molecule has 0 atom stereocenters. The summed E-state index contributed by atoms with van der Waals surface area (Å²) in [6.45, 7) is 0. The standard InChI is InChI=1S/C11H9N5OS/c12-7-3-4-9-13-11(15-16(9)6-7)14-10(17)8-2-1-5-18-8/h1-6H,12H2,(H,14,15,17). The Morgan fingerprint density at radius 3 is 3.06 bits per heavy atom. The number of pyridine rings is 1. The first-order valence-corrected chi connectivity index (χ1v) is 6.07. The lowest BCUT2D eigenvalue weighted by Crippen LogP contribution is -2.11. The topological polar surface area (TPSA) is 85.3 Å². The number of carbonyl (C=O) groups excluding carboxylic acids is 1. The zero-order chi connectivity index (χ0) is 12.5. The zero-order valence-corrected chi connectivity index (χ0v) is 10.0. The van der Waals surface area contributed by atoms with E-state index in [4.69, 9.17) is 5.73 Å². The monoisotopic (exact) mass is 259 g/mol. The van der Waals surface area contributed by atoms with Gasteiger partial charge in [0.1, 0.15) is 0 Å². The number of fused-ring (bicyclic) bond motifs is 1. The van der Waals surface area contributed by atoms with Gasteiger partial charge in [0, 0.05) is 0 Å². The normalized spacial score (nSPS) is 10.7. The third kappa shape index (κ3) is 1.91. The fraction of sp³-hybridized carbons (Fsp3) is 0. The van der Waals surface area contributed by atoms with E-state index < -0.39 is 0 Å². The highest BCUT2D eigenvalue weighted by Gasteiger charge is 2.10. The van der Waals surface area contributed by atoms with Crippen molar-refractivity contribution in [1.29, 1.82) is 0 Å². The predicted octanol–water partition coefficient (Wildman–Crippen LogP) is 1.63. The molecule has 90 valence electrons. The molecule has 0 aromatic carbocycles. The molecular weight excluding hydrogens is 250 g/mol. The van der Waals surface area contributed by atoms with Crippen molar-refractivity contribution in [3.63, 3.8) is 0 Å². The van der Waals surface area contributed by atoms with Crippen molar-refractivity contribution in [3.05, 3.63) is 40.7 Å². The molecule has 3 N–H and O–H groups in total. The molecule has 0 saturated carbocycles. The van der Waals surface area contributed by atoms with E-state index in [0.29, 0.717) is 16.2 Å². The van der Waals surface area contributed by atoms with Crippen LogP contribution in [-0.2, 0) is 0 Å². The summed E-state index contributed by atoms with van der Waals surface area (Å²) in [4.78, 5) is 16.6. The van der Waals surface area contributed by atoms with Crippen LogP contribution < -0.4 is 11.1 Å². The smallest absolute Gasteiger partial charge is 0.268 e. The number of nitrogens with one attached hydrogen (secondary N) is 1. The number of nitrogens with zero attached hydrogens (tertiary/aromatic N) is 3. The van der Waals surface area contributed by atoms with Gasteiger partial charge in [0.2, 0.25) is 5.95 Å². The molecule has 0 radical (unpaired) electrons. The van der Waals surface area contributed by atoms with Crippen LogP contribution >= 0.6 is 11.3 Å². The number of amides is 1. The van der Waals surface area contributed by atoms with E-state index in [1.54, 1.807) is 24.4 Å². The van der Waals surface area contributed by atoms with Gasteiger partial charge >= 0.3 is 0 Å². The van der Waals surface area contributed by atoms with E-state index in [2.05, 4.69) is 15.4 Å². The summed E-state index contributed by atoms with van der Waals surface area (Å²) in [5.41, 5.74) is 6.85. The van der Waals surface area contributed by atoms with Crippen LogP contribution in [0.5, 0.6) is 0 Å². The maximum Gasteiger partial charge on any atom is 0.268 e. The molecule has 0 aliphatic heterocycles. The van der Waals surface area contributed by atoms with Gasteiger partial charge in [-0.25, -0.2) is 4.52 Å². The molecule has 0 bridgehead atoms. The fourth-order valence-electron chi connectivity index (χ4n) is 1.52. The van der Waals surface area contributed by atoms with Crippen molar-refractivity contribution in [3.8, 4) is 0 Å². The highest BCUT2D eigenvalue weighted by Crippen LogP contribution is 2.12. The maximum absolute atomic E-state index is 11.8. The Bertz CT molecular complexity index is 703.